The Balaban J connectivity index is 1.74. The minimum Gasteiger partial charge on any atom is -0.469 e. The molecule has 0 aromatic carbocycles. The molecule has 3 rings (SSSR count). The number of aromatic nitrogens is 3. The fraction of sp³-hybridized carbons (Fsp3) is 0.550. The molecule has 10 heteroatoms. The zero-order valence-electron chi connectivity index (χ0n) is 17.4. The van der Waals surface area contributed by atoms with Crippen LogP contribution in [0.1, 0.15) is 31.9 Å². The molecule has 1 atom stereocenters. The van der Waals surface area contributed by atoms with Crippen LogP contribution in [0.4, 0.5) is 0 Å². The Morgan fingerprint density at radius 3 is 2.87 bits per heavy atom. The number of hydrogen-bond acceptors (Lipinski definition) is 7. The molecule has 0 bridgehead atoms. The Labute approximate surface area is 181 Å². The predicted octanol–water partition coefficient (Wildman–Crippen LogP) is 2.94. The molecule has 164 valence electrons. The van der Waals surface area contributed by atoms with Crippen molar-refractivity contribution in [1.29, 1.82) is 0 Å². The third-order valence-electron chi connectivity index (χ3n) is 5.18. The Kier molecular flexibility index (Phi) is 7.41. The van der Waals surface area contributed by atoms with Crippen molar-refractivity contribution in [2.24, 2.45) is 0 Å². The standard InChI is InChI=1S/C20H28N4O4S2/c1-4-6-10-23(16-8-12-30(26,27)14-16)18(25)13-29-20-22-21-19(24(20)9-5-2)17-7-11-28-15(17)3/h5,7,11,16H,2,4,6,8-10,12-14H2,1,3H3. The highest BCUT2D eigenvalue weighted by Crippen LogP contribution is 2.28. The summed E-state index contributed by atoms with van der Waals surface area (Å²) in [5.41, 5.74) is 0.850. The highest BCUT2D eigenvalue weighted by Gasteiger charge is 2.34. The van der Waals surface area contributed by atoms with Gasteiger partial charge in [0.25, 0.3) is 0 Å². The second-order valence-corrected chi connectivity index (χ2v) is 10.6. The monoisotopic (exact) mass is 452 g/mol. The predicted molar refractivity (Wildman–Crippen MR) is 117 cm³/mol. The lowest BCUT2D eigenvalue weighted by molar-refractivity contribution is -0.130. The van der Waals surface area contributed by atoms with E-state index in [1.807, 2.05) is 17.6 Å². The maximum Gasteiger partial charge on any atom is 0.233 e. The molecule has 0 spiro atoms. The van der Waals surface area contributed by atoms with Crippen molar-refractivity contribution >= 4 is 27.5 Å². The van der Waals surface area contributed by atoms with Crippen molar-refractivity contribution in [3.63, 3.8) is 0 Å². The van der Waals surface area contributed by atoms with E-state index in [1.54, 1.807) is 17.2 Å². The van der Waals surface area contributed by atoms with Gasteiger partial charge in [0.05, 0.1) is 29.1 Å². The van der Waals surface area contributed by atoms with E-state index in [4.69, 9.17) is 4.42 Å². The molecule has 0 radical (unpaired) electrons. The van der Waals surface area contributed by atoms with Crippen LogP contribution in [0, 0.1) is 6.92 Å². The maximum absolute atomic E-state index is 13.0. The van der Waals surface area contributed by atoms with Crippen LogP contribution in [-0.4, -0.2) is 63.8 Å². The molecule has 1 aliphatic heterocycles. The van der Waals surface area contributed by atoms with Crippen molar-refractivity contribution in [2.75, 3.05) is 23.8 Å². The fourth-order valence-electron chi connectivity index (χ4n) is 3.58. The SMILES string of the molecule is C=CCn1c(SCC(=O)N(CCCC)C2CCS(=O)(=O)C2)nnc1-c1ccoc1C. The van der Waals surface area contributed by atoms with Gasteiger partial charge < -0.3 is 9.32 Å². The molecule has 0 saturated carbocycles. The highest BCUT2D eigenvalue weighted by molar-refractivity contribution is 7.99. The van der Waals surface area contributed by atoms with Gasteiger partial charge in [0.1, 0.15) is 5.76 Å². The summed E-state index contributed by atoms with van der Waals surface area (Å²) in [5, 5.41) is 9.17. The molecule has 0 N–H and O–H groups in total. The number of rotatable bonds is 10. The lowest BCUT2D eigenvalue weighted by Crippen LogP contribution is -2.42. The normalized spacial score (nSPS) is 17.9. The minimum absolute atomic E-state index is 0.0592. The number of furan rings is 1. The number of allylic oxidation sites excluding steroid dienone is 1. The van der Waals surface area contributed by atoms with E-state index in [2.05, 4.69) is 23.7 Å². The number of unbranched alkanes of at least 4 members (excludes halogenated alkanes) is 1. The first-order valence-electron chi connectivity index (χ1n) is 10.1. The largest absolute Gasteiger partial charge is 0.469 e. The van der Waals surface area contributed by atoms with E-state index >= 15 is 0 Å². The lowest BCUT2D eigenvalue weighted by Gasteiger charge is -2.28. The first-order chi connectivity index (χ1) is 14.4. The van der Waals surface area contributed by atoms with E-state index in [-0.39, 0.29) is 29.2 Å². The van der Waals surface area contributed by atoms with E-state index in [0.717, 1.165) is 24.2 Å². The van der Waals surface area contributed by atoms with E-state index in [0.29, 0.717) is 30.5 Å². The number of nitrogens with zero attached hydrogens (tertiary/aromatic N) is 4. The van der Waals surface area contributed by atoms with Gasteiger partial charge in [-0.2, -0.15) is 0 Å². The summed E-state index contributed by atoms with van der Waals surface area (Å²) in [7, 11) is -3.05. The summed E-state index contributed by atoms with van der Waals surface area (Å²) in [5.74, 6) is 1.74. The van der Waals surface area contributed by atoms with Crippen LogP contribution in [0.25, 0.3) is 11.4 Å². The van der Waals surface area contributed by atoms with Crippen molar-refractivity contribution in [2.45, 2.75) is 50.9 Å². The van der Waals surface area contributed by atoms with Crippen molar-refractivity contribution < 1.29 is 17.6 Å². The summed E-state index contributed by atoms with van der Waals surface area (Å²) in [4.78, 5) is 14.7. The Bertz CT molecular complexity index is 996. The van der Waals surface area contributed by atoms with Crippen molar-refractivity contribution in [3.05, 3.63) is 30.7 Å². The molecule has 3 heterocycles. The fourth-order valence-corrected chi connectivity index (χ4v) is 6.14. The zero-order chi connectivity index (χ0) is 21.7. The first-order valence-corrected chi connectivity index (χ1v) is 12.9. The molecular weight excluding hydrogens is 424 g/mol. The number of carbonyl (C=O) groups is 1. The van der Waals surface area contributed by atoms with Gasteiger partial charge in [-0.3, -0.25) is 9.36 Å². The average molecular weight is 453 g/mol. The first kappa shape index (κ1) is 22.6. The third-order valence-corrected chi connectivity index (χ3v) is 7.88. The molecule has 2 aromatic rings. The van der Waals surface area contributed by atoms with Crippen LogP contribution in [0.3, 0.4) is 0 Å². The number of aryl methyl sites for hydroxylation is 1. The van der Waals surface area contributed by atoms with Crippen LogP contribution < -0.4 is 0 Å². The van der Waals surface area contributed by atoms with Gasteiger partial charge >= 0.3 is 0 Å². The summed E-state index contributed by atoms with van der Waals surface area (Å²) in [6.07, 6.45) is 5.67. The molecular formula is C20H28N4O4S2. The van der Waals surface area contributed by atoms with Gasteiger partial charge in [-0.05, 0) is 25.8 Å². The Morgan fingerprint density at radius 2 is 2.27 bits per heavy atom. The van der Waals surface area contributed by atoms with Crippen molar-refractivity contribution in [3.8, 4) is 11.4 Å². The van der Waals surface area contributed by atoms with Gasteiger partial charge in [-0.1, -0.05) is 31.2 Å². The molecule has 1 aliphatic rings. The molecule has 1 saturated heterocycles. The highest BCUT2D eigenvalue weighted by atomic mass is 32.2. The van der Waals surface area contributed by atoms with Gasteiger partial charge in [0.2, 0.25) is 5.91 Å². The molecule has 0 aliphatic carbocycles. The minimum atomic E-state index is -3.05. The van der Waals surface area contributed by atoms with Crippen molar-refractivity contribution in [1.82, 2.24) is 19.7 Å². The van der Waals surface area contributed by atoms with Gasteiger partial charge in [0, 0.05) is 19.1 Å². The molecule has 1 fully saturated rings. The Hall–Kier alpha value is -2.07. The number of sulfone groups is 1. The van der Waals surface area contributed by atoms with E-state index in [9.17, 15) is 13.2 Å². The molecule has 1 unspecified atom stereocenters. The molecule has 1 amide bonds. The molecule has 2 aromatic heterocycles. The number of carbonyl (C=O) groups excluding carboxylic acids is 1. The second-order valence-electron chi connectivity index (χ2n) is 7.38. The summed E-state index contributed by atoms with van der Waals surface area (Å²) >= 11 is 1.31. The van der Waals surface area contributed by atoms with Crippen LogP contribution >= 0.6 is 11.8 Å². The van der Waals surface area contributed by atoms with Gasteiger partial charge in [0.15, 0.2) is 20.8 Å². The summed E-state index contributed by atoms with van der Waals surface area (Å²) < 4.78 is 31.1. The smallest absolute Gasteiger partial charge is 0.233 e. The van der Waals surface area contributed by atoms with Crippen LogP contribution in [0.5, 0.6) is 0 Å². The third kappa shape index (κ3) is 5.15. The molecule has 8 nitrogen and oxygen atoms in total. The van der Waals surface area contributed by atoms with E-state index in [1.165, 1.54) is 11.8 Å². The van der Waals surface area contributed by atoms with Gasteiger partial charge in [-0.25, -0.2) is 8.42 Å². The average Bonchev–Trinajstić information content (AvgIpc) is 3.39. The Morgan fingerprint density at radius 1 is 1.47 bits per heavy atom. The summed E-state index contributed by atoms with van der Waals surface area (Å²) in [6, 6.07) is 1.61. The van der Waals surface area contributed by atoms with E-state index < -0.39 is 9.84 Å². The van der Waals surface area contributed by atoms with Crippen LogP contribution in [0.15, 0.2) is 34.6 Å². The topological polar surface area (TPSA) is 98.3 Å². The van der Waals surface area contributed by atoms with Gasteiger partial charge in [-0.15, -0.1) is 16.8 Å². The quantitative estimate of drug-likeness (QED) is 0.404. The lowest BCUT2D eigenvalue weighted by atomic mass is 10.2. The summed E-state index contributed by atoms with van der Waals surface area (Å²) in [6.45, 7) is 8.80. The number of thioether (sulfide) groups is 1. The second kappa shape index (κ2) is 9.82. The zero-order valence-corrected chi connectivity index (χ0v) is 19.0. The maximum atomic E-state index is 13.0. The van der Waals surface area contributed by atoms with Crippen LogP contribution in [0.2, 0.25) is 0 Å². The van der Waals surface area contributed by atoms with Crippen LogP contribution in [-0.2, 0) is 21.2 Å². The number of hydrogen-bond donors (Lipinski definition) is 0. The molecule has 30 heavy (non-hydrogen) atoms. The number of amides is 1.